The molecular weight excluding hydrogens is 200 g/mol. The third kappa shape index (κ3) is 2.86. The lowest BCUT2D eigenvalue weighted by Crippen LogP contribution is -2.24. The van der Waals surface area contributed by atoms with Gasteiger partial charge in [0.15, 0.2) is 17.4 Å². The second kappa shape index (κ2) is 5.23. The minimum Gasteiger partial charge on any atom is -0.299 e. The van der Waals surface area contributed by atoms with Gasteiger partial charge < -0.3 is 0 Å². The topological polar surface area (TPSA) is 29.1 Å². The molecule has 0 saturated heterocycles. The number of Topliss-reactive ketones (excluding diaryl/α,β-unsaturated/α-hetero) is 1. The maximum Gasteiger partial charge on any atom is 0.179 e. The predicted octanol–water partition coefficient (Wildman–Crippen LogP) is 1.37. The molecule has 0 aliphatic heterocycles. The molecule has 0 heterocycles. The molecule has 2 nitrogen and oxygen atoms in total. The van der Waals surface area contributed by atoms with Crippen molar-refractivity contribution in [1.82, 2.24) is 5.32 Å². The summed E-state index contributed by atoms with van der Waals surface area (Å²) in [5.41, 5.74) is -0.264. The van der Waals surface area contributed by atoms with Crippen LogP contribution >= 0.6 is 0 Å². The smallest absolute Gasteiger partial charge is 0.179 e. The van der Waals surface area contributed by atoms with E-state index in [1.165, 1.54) is 12.1 Å². The van der Waals surface area contributed by atoms with Crippen LogP contribution in [0.1, 0.15) is 10.4 Å². The van der Waals surface area contributed by atoms with Gasteiger partial charge in [-0.1, -0.05) is 12.0 Å². The molecule has 78 valence electrons. The lowest BCUT2D eigenvalue weighted by molar-refractivity contribution is 0.0987. The van der Waals surface area contributed by atoms with Crippen molar-refractivity contribution in [2.24, 2.45) is 0 Å². The third-order valence-electron chi connectivity index (χ3n) is 1.76. The van der Waals surface area contributed by atoms with Gasteiger partial charge in [0.1, 0.15) is 0 Å². The van der Waals surface area contributed by atoms with Crippen molar-refractivity contribution < 1.29 is 13.6 Å². The Morgan fingerprint density at radius 3 is 2.87 bits per heavy atom. The zero-order valence-electron chi connectivity index (χ0n) is 7.89. The number of terminal acetylenes is 1. The fourth-order valence-corrected chi connectivity index (χ4v) is 1.06. The van der Waals surface area contributed by atoms with Crippen LogP contribution < -0.4 is 5.32 Å². The Labute approximate surface area is 86.3 Å². The van der Waals surface area contributed by atoms with E-state index in [1.54, 1.807) is 0 Å². The van der Waals surface area contributed by atoms with E-state index in [4.69, 9.17) is 6.42 Å². The molecule has 0 radical (unpaired) electrons. The van der Waals surface area contributed by atoms with Gasteiger partial charge in [-0.25, -0.2) is 8.78 Å². The highest BCUT2D eigenvalue weighted by Crippen LogP contribution is 2.11. The van der Waals surface area contributed by atoms with E-state index >= 15 is 0 Å². The molecule has 0 saturated carbocycles. The summed E-state index contributed by atoms with van der Waals surface area (Å²) >= 11 is 0. The summed E-state index contributed by atoms with van der Waals surface area (Å²) in [6.07, 6.45) is 4.95. The first-order valence-corrected chi connectivity index (χ1v) is 4.28. The molecule has 1 N–H and O–H groups in total. The van der Waals surface area contributed by atoms with Gasteiger partial charge >= 0.3 is 0 Å². The average Bonchev–Trinajstić information content (AvgIpc) is 2.22. The minimum absolute atomic E-state index is 0.107. The van der Waals surface area contributed by atoms with Crippen LogP contribution in [0, 0.1) is 24.0 Å². The number of rotatable bonds is 4. The summed E-state index contributed by atoms with van der Waals surface area (Å²) in [6, 6.07) is 3.48. The Bertz CT molecular complexity index is 410. The number of hydrogen-bond donors (Lipinski definition) is 1. The van der Waals surface area contributed by atoms with Crippen molar-refractivity contribution >= 4 is 5.78 Å². The van der Waals surface area contributed by atoms with Crippen LogP contribution in [0.25, 0.3) is 0 Å². The zero-order chi connectivity index (χ0) is 11.3. The lowest BCUT2D eigenvalue weighted by atomic mass is 10.1. The van der Waals surface area contributed by atoms with Gasteiger partial charge in [-0.3, -0.25) is 10.1 Å². The van der Waals surface area contributed by atoms with E-state index in [9.17, 15) is 13.6 Å². The lowest BCUT2D eigenvalue weighted by Gasteiger charge is -2.02. The van der Waals surface area contributed by atoms with Gasteiger partial charge in [0.2, 0.25) is 0 Å². The van der Waals surface area contributed by atoms with Crippen LogP contribution in [0.4, 0.5) is 8.78 Å². The molecule has 1 aromatic rings. The van der Waals surface area contributed by atoms with Gasteiger partial charge in [-0.15, -0.1) is 6.42 Å². The van der Waals surface area contributed by atoms with Crippen LogP contribution in [0.2, 0.25) is 0 Å². The van der Waals surface area contributed by atoms with Crippen molar-refractivity contribution in [2.75, 3.05) is 13.1 Å². The molecule has 0 bridgehead atoms. The highest BCUT2D eigenvalue weighted by atomic mass is 19.2. The van der Waals surface area contributed by atoms with Gasteiger partial charge in [-0.05, 0) is 12.1 Å². The second-order valence-corrected chi connectivity index (χ2v) is 2.83. The zero-order valence-corrected chi connectivity index (χ0v) is 7.89. The molecular formula is C11H9F2NO. The largest absolute Gasteiger partial charge is 0.299 e. The molecule has 0 aliphatic rings. The highest BCUT2D eigenvalue weighted by molar-refractivity contribution is 5.97. The molecule has 0 fully saturated rings. The van der Waals surface area contributed by atoms with E-state index in [0.29, 0.717) is 0 Å². The van der Waals surface area contributed by atoms with Crippen LogP contribution in [-0.4, -0.2) is 18.9 Å². The first kappa shape index (κ1) is 11.3. The molecule has 0 unspecified atom stereocenters. The predicted molar refractivity (Wildman–Crippen MR) is 52.4 cm³/mol. The Morgan fingerprint density at radius 2 is 2.20 bits per heavy atom. The Kier molecular flexibility index (Phi) is 3.95. The van der Waals surface area contributed by atoms with Crippen LogP contribution in [0.5, 0.6) is 0 Å². The van der Waals surface area contributed by atoms with E-state index < -0.39 is 17.4 Å². The number of carbonyl (C=O) groups is 1. The molecule has 0 spiro atoms. The van der Waals surface area contributed by atoms with E-state index in [1.807, 2.05) is 0 Å². The average molecular weight is 209 g/mol. The van der Waals surface area contributed by atoms with E-state index in [-0.39, 0.29) is 18.7 Å². The first-order chi connectivity index (χ1) is 7.16. The number of nitrogens with one attached hydrogen (secondary N) is 1. The second-order valence-electron chi connectivity index (χ2n) is 2.83. The summed E-state index contributed by atoms with van der Waals surface area (Å²) < 4.78 is 25.8. The number of ketones is 1. The molecule has 1 aromatic carbocycles. The molecule has 0 aromatic heterocycles. The quantitative estimate of drug-likeness (QED) is 0.461. The number of hydrogen-bond acceptors (Lipinski definition) is 2. The van der Waals surface area contributed by atoms with Gasteiger partial charge in [-0.2, -0.15) is 0 Å². The number of benzene rings is 1. The third-order valence-corrected chi connectivity index (χ3v) is 1.76. The van der Waals surface area contributed by atoms with Crippen molar-refractivity contribution in [3.63, 3.8) is 0 Å². The first-order valence-electron chi connectivity index (χ1n) is 4.28. The fraction of sp³-hybridized carbons (Fsp3) is 0.182. The van der Waals surface area contributed by atoms with Crippen molar-refractivity contribution in [3.8, 4) is 12.3 Å². The van der Waals surface area contributed by atoms with Gasteiger partial charge in [0.25, 0.3) is 0 Å². The Morgan fingerprint density at radius 1 is 1.47 bits per heavy atom. The highest BCUT2D eigenvalue weighted by Gasteiger charge is 2.13. The van der Waals surface area contributed by atoms with E-state index in [0.717, 1.165) is 6.07 Å². The van der Waals surface area contributed by atoms with Crippen LogP contribution in [-0.2, 0) is 0 Å². The van der Waals surface area contributed by atoms with Crippen LogP contribution in [0.15, 0.2) is 18.2 Å². The fourth-order valence-electron chi connectivity index (χ4n) is 1.06. The van der Waals surface area contributed by atoms with Gasteiger partial charge in [0.05, 0.1) is 18.7 Å². The minimum atomic E-state index is -1.12. The molecule has 4 heteroatoms. The Balaban J connectivity index is 2.75. The summed E-state index contributed by atoms with van der Waals surface area (Å²) in [6.45, 7) is 0.104. The SMILES string of the molecule is C#CCNCC(=O)c1cccc(F)c1F. The Hall–Kier alpha value is -1.73. The molecule has 15 heavy (non-hydrogen) atoms. The van der Waals surface area contributed by atoms with Crippen molar-refractivity contribution in [1.29, 1.82) is 0 Å². The van der Waals surface area contributed by atoms with Gasteiger partial charge in [0, 0.05) is 0 Å². The summed E-state index contributed by atoms with van der Waals surface area (Å²) in [5.74, 6) is -0.407. The summed E-state index contributed by atoms with van der Waals surface area (Å²) in [7, 11) is 0. The van der Waals surface area contributed by atoms with E-state index in [2.05, 4.69) is 11.2 Å². The number of halogens is 2. The molecule has 1 rings (SSSR count). The maximum absolute atomic E-state index is 13.1. The molecule has 0 atom stereocenters. The maximum atomic E-state index is 13.1. The van der Waals surface area contributed by atoms with Crippen molar-refractivity contribution in [3.05, 3.63) is 35.4 Å². The standard InChI is InChI=1S/C11H9F2NO/c1-2-6-14-7-10(15)8-4-3-5-9(12)11(8)13/h1,3-5,14H,6-7H2. The molecule has 0 amide bonds. The normalized spacial score (nSPS) is 9.67. The number of carbonyl (C=O) groups excluding carboxylic acids is 1. The van der Waals surface area contributed by atoms with Crippen molar-refractivity contribution in [2.45, 2.75) is 0 Å². The summed E-state index contributed by atoms with van der Waals surface area (Å²) in [5, 5.41) is 2.61. The monoisotopic (exact) mass is 209 g/mol. The van der Waals surface area contributed by atoms with Crippen LogP contribution in [0.3, 0.4) is 0 Å². The summed E-state index contributed by atoms with van der Waals surface area (Å²) in [4.78, 5) is 11.4. The molecule has 0 aliphatic carbocycles.